The summed E-state index contributed by atoms with van der Waals surface area (Å²) in [6, 6.07) is 14.2. The monoisotopic (exact) mass is 476 g/mol. The molecule has 5 atom stereocenters. The van der Waals surface area contributed by atoms with E-state index >= 15 is 0 Å². The van der Waals surface area contributed by atoms with Crippen molar-refractivity contribution in [1.82, 2.24) is 0 Å². The molecule has 2 aromatic carbocycles. The molecule has 0 heterocycles. The van der Waals surface area contributed by atoms with Crippen LogP contribution in [0.4, 0.5) is 0 Å². The summed E-state index contributed by atoms with van der Waals surface area (Å²) in [5, 5.41) is 0. The summed E-state index contributed by atoms with van der Waals surface area (Å²) < 4.78 is 17.6. The molecule has 0 N–H and O–H groups in total. The second-order valence-corrected chi connectivity index (χ2v) is 10.9. The van der Waals surface area contributed by atoms with Crippen LogP contribution in [0.15, 0.2) is 42.5 Å². The van der Waals surface area contributed by atoms with Gasteiger partial charge in [-0.3, -0.25) is 9.59 Å². The van der Waals surface area contributed by atoms with Crippen molar-refractivity contribution in [2.45, 2.75) is 84.3 Å². The normalized spacial score (nSPS) is 29.2. The lowest BCUT2D eigenvalue weighted by Gasteiger charge is -2.56. The molecule has 2 aromatic rings. The number of rotatable bonds is 5. The lowest BCUT2D eigenvalue weighted by atomic mass is 9.50. The van der Waals surface area contributed by atoms with E-state index in [2.05, 4.69) is 19.1 Å². The van der Waals surface area contributed by atoms with Crippen LogP contribution in [0.3, 0.4) is 0 Å². The molecule has 0 aliphatic heterocycles. The van der Waals surface area contributed by atoms with Crippen LogP contribution in [0.25, 0.3) is 0 Å². The number of hydrogen-bond donors (Lipinski definition) is 0. The fraction of sp³-hybridized carbons (Fsp3) is 0.533. The second kappa shape index (κ2) is 9.67. The minimum Gasteiger partial charge on any atom is -0.485 e. The first-order valence-corrected chi connectivity index (χ1v) is 13.0. The molecule has 0 aromatic heterocycles. The summed E-state index contributed by atoms with van der Waals surface area (Å²) in [5.41, 5.74) is 3.73. The van der Waals surface area contributed by atoms with Crippen LogP contribution in [-0.4, -0.2) is 18.0 Å². The van der Waals surface area contributed by atoms with Crippen molar-refractivity contribution >= 4 is 11.9 Å². The third-order valence-electron chi connectivity index (χ3n) is 8.74. The molecule has 0 saturated heterocycles. The smallest absolute Gasteiger partial charge is 0.308 e. The highest BCUT2D eigenvalue weighted by Crippen LogP contribution is 2.60. The molecule has 35 heavy (non-hydrogen) atoms. The van der Waals surface area contributed by atoms with Gasteiger partial charge in [0.1, 0.15) is 12.7 Å². The van der Waals surface area contributed by atoms with Gasteiger partial charge in [0.2, 0.25) is 0 Å². The fourth-order valence-electron chi connectivity index (χ4n) is 7.20. The number of carbonyl (C=O) groups excluding carboxylic acids is 2. The van der Waals surface area contributed by atoms with E-state index in [9.17, 15) is 9.59 Å². The minimum atomic E-state index is -0.338. The Morgan fingerprint density at radius 3 is 2.51 bits per heavy atom. The van der Waals surface area contributed by atoms with Crippen LogP contribution < -0.4 is 9.47 Å². The Morgan fingerprint density at radius 2 is 1.77 bits per heavy atom. The van der Waals surface area contributed by atoms with E-state index in [1.807, 2.05) is 30.3 Å². The highest BCUT2D eigenvalue weighted by molar-refractivity contribution is 5.71. The van der Waals surface area contributed by atoms with Gasteiger partial charge in [-0.1, -0.05) is 37.3 Å². The highest BCUT2D eigenvalue weighted by Gasteiger charge is 2.54. The van der Waals surface area contributed by atoms with Crippen LogP contribution >= 0.6 is 0 Å². The van der Waals surface area contributed by atoms with E-state index in [-0.39, 0.29) is 23.5 Å². The average molecular weight is 477 g/mol. The molecule has 2 fully saturated rings. The fourth-order valence-corrected chi connectivity index (χ4v) is 7.20. The Balaban J connectivity index is 1.43. The van der Waals surface area contributed by atoms with E-state index in [0.717, 1.165) is 44.1 Å². The summed E-state index contributed by atoms with van der Waals surface area (Å²) in [6.45, 7) is 5.74. The maximum absolute atomic E-state index is 11.9. The first kappa shape index (κ1) is 23.9. The largest absolute Gasteiger partial charge is 0.485 e. The van der Waals surface area contributed by atoms with Gasteiger partial charge in [-0.25, -0.2) is 0 Å². The van der Waals surface area contributed by atoms with Gasteiger partial charge in [0, 0.05) is 19.3 Å². The van der Waals surface area contributed by atoms with Crippen LogP contribution in [0.1, 0.15) is 81.9 Å². The van der Waals surface area contributed by atoms with Gasteiger partial charge in [-0.15, -0.1) is 0 Å². The van der Waals surface area contributed by atoms with E-state index in [0.29, 0.717) is 35.9 Å². The Bertz CT molecular complexity index is 1090. The lowest BCUT2D eigenvalue weighted by molar-refractivity contribution is -0.168. The predicted octanol–water partition coefficient (Wildman–Crippen LogP) is 6.37. The number of benzene rings is 2. The summed E-state index contributed by atoms with van der Waals surface area (Å²) in [6.07, 6.45) is 7.53. The Kier molecular flexibility index (Phi) is 6.61. The summed E-state index contributed by atoms with van der Waals surface area (Å²) in [4.78, 5) is 23.7. The van der Waals surface area contributed by atoms with Crippen molar-refractivity contribution in [2.75, 3.05) is 0 Å². The Hall–Kier alpha value is -2.82. The first-order chi connectivity index (χ1) is 16.8. The molecule has 5 heteroatoms. The number of ether oxygens (including phenoxy) is 3. The van der Waals surface area contributed by atoms with Gasteiger partial charge in [-0.05, 0) is 91.5 Å². The highest BCUT2D eigenvalue weighted by atomic mass is 16.6. The molecule has 3 unspecified atom stereocenters. The Morgan fingerprint density at radius 1 is 0.971 bits per heavy atom. The number of hydrogen-bond acceptors (Lipinski definition) is 5. The van der Waals surface area contributed by atoms with Gasteiger partial charge < -0.3 is 14.2 Å². The quantitative estimate of drug-likeness (QED) is 0.371. The molecule has 0 spiro atoms. The van der Waals surface area contributed by atoms with Crippen LogP contribution in [0, 0.1) is 17.3 Å². The zero-order valence-electron chi connectivity index (χ0n) is 21.0. The first-order valence-electron chi connectivity index (χ1n) is 13.0. The molecule has 5 nitrogen and oxygen atoms in total. The SMILES string of the molecule is CC(=O)Oc1cc2c(cc1OCc1ccccc1)CCC1C2CC[C@@]2(C)C1CCC[C@@H]2OC(C)=O. The van der Waals surface area contributed by atoms with Crippen molar-refractivity contribution in [3.05, 3.63) is 59.2 Å². The summed E-state index contributed by atoms with van der Waals surface area (Å²) in [7, 11) is 0. The van der Waals surface area contributed by atoms with E-state index in [1.165, 1.54) is 31.4 Å². The van der Waals surface area contributed by atoms with Crippen molar-refractivity contribution in [2.24, 2.45) is 17.3 Å². The van der Waals surface area contributed by atoms with Gasteiger partial charge in [0.25, 0.3) is 0 Å². The molecule has 0 radical (unpaired) electrons. The molecule has 0 bridgehead atoms. The van der Waals surface area contributed by atoms with Gasteiger partial charge >= 0.3 is 11.9 Å². The molecule has 0 amide bonds. The third kappa shape index (κ3) is 4.70. The zero-order valence-corrected chi connectivity index (χ0v) is 21.0. The summed E-state index contributed by atoms with van der Waals surface area (Å²) in [5.74, 6) is 2.18. The van der Waals surface area contributed by atoms with Gasteiger partial charge in [-0.2, -0.15) is 0 Å². The molecule has 2 saturated carbocycles. The molecular formula is C30H36O5. The molecule has 3 aliphatic rings. The second-order valence-electron chi connectivity index (χ2n) is 10.9. The van der Waals surface area contributed by atoms with Crippen LogP contribution in [0.5, 0.6) is 11.5 Å². The van der Waals surface area contributed by atoms with Crippen LogP contribution in [0.2, 0.25) is 0 Å². The lowest BCUT2D eigenvalue weighted by Crippen LogP contribution is -2.52. The molecule has 5 rings (SSSR count). The van der Waals surface area contributed by atoms with E-state index < -0.39 is 0 Å². The number of esters is 2. The third-order valence-corrected chi connectivity index (χ3v) is 8.74. The molecular weight excluding hydrogens is 440 g/mol. The molecule has 186 valence electrons. The Labute approximate surface area is 208 Å². The van der Waals surface area contributed by atoms with Crippen LogP contribution in [-0.2, 0) is 27.4 Å². The zero-order chi connectivity index (χ0) is 24.6. The molecule has 3 aliphatic carbocycles. The van der Waals surface area contributed by atoms with Crippen molar-refractivity contribution in [1.29, 1.82) is 0 Å². The summed E-state index contributed by atoms with van der Waals surface area (Å²) >= 11 is 0. The standard InChI is InChI=1S/C30H36O5/c1-19(31)34-28-17-25-22(16-27(28)33-18-21-8-5-4-6-9-21)12-13-24-23(25)14-15-30(3)26(24)10-7-11-29(30)35-20(2)32/h4-6,8-9,16-17,23-24,26,29H,7,10-15,18H2,1-3H3/t23?,24?,26?,29-,30-/m0/s1. The number of aryl methyl sites for hydroxylation is 1. The van der Waals surface area contributed by atoms with Gasteiger partial charge in [0.05, 0.1) is 0 Å². The number of fused-ring (bicyclic) bond motifs is 5. The minimum absolute atomic E-state index is 0.0199. The topological polar surface area (TPSA) is 61.8 Å². The van der Waals surface area contributed by atoms with E-state index in [1.54, 1.807) is 0 Å². The maximum atomic E-state index is 11.9. The van der Waals surface area contributed by atoms with Crippen molar-refractivity contribution in [3.63, 3.8) is 0 Å². The predicted molar refractivity (Wildman–Crippen MR) is 133 cm³/mol. The van der Waals surface area contributed by atoms with E-state index in [4.69, 9.17) is 14.2 Å². The average Bonchev–Trinajstić information content (AvgIpc) is 2.83. The van der Waals surface area contributed by atoms with Crippen molar-refractivity contribution in [3.8, 4) is 11.5 Å². The van der Waals surface area contributed by atoms with Gasteiger partial charge in [0.15, 0.2) is 11.5 Å². The van der Waals surface area contributed by atoms with Crippen molar-refractivity contribution < 1.29 is 23.8 Å². The maximum Gasteiger partial charge on any atom is 0.308 e. The number of carbonyl (C=O) groups is 2.